The summed E-state index contributed by atoms with van der Waals surface area (Å²) in [6.45, 7) is 10.6. The molecule has 0 saturated heterocycles. The fraction of sp³-hybridized carbons (Fsp3) is 0.600. The van der Waals surface area contributed by atoms with Gasteiger partial charge < -0.3 is 10.1 Å². The predicted octanol–water partition coefficient (Wildman–Crippen LogP) is 3.61. The first-order valence-electron chi connectivity index (χ1n) is 6.58. The monoisotopic (exact) mass is 235 g/mol. The van der Waals surface area contributed by atoms with E-state index in [1.54, 1.807) is 0 Å². The highest BCUT2D eigenvalue weighted by atomic mass is 16.5. The molecule has 0 saturated carbocycles. The standard InChI is InChI=1S/C15H25NO/c1-5-13(4)10-16-11-14-6-8-15(9-7-14)17-12(2)3/h6-9,12-13,16H,5,10-11H2,1-4H3. The number of ether oxygens (including phenoxy) is 1. The second kappa shape index (κ2) is 7.33. The lowest BCUT2D eigenvalue weighted by Crippen LogP contribution is -2.20. The Bertz CT molecular complexity index is 305. The molecule has 0 bridgehead atoms. The van der Waals surface area contributed by atoms with Crippen molar-refractivity contribution < 1.29 is 4.74 Å². The van der Waals surface area contributed by atoms with Crippen LogP contribution < -0.4 is 10.1 Å². The lowest BCUT2D eigenvalue weighted by Gasteiger charge is -2.12. The minimum atomic E-state index is 0.240. The van der Waals surface area contributed by atoms with Crippen LogP contribution in [0.4, 0.5) is 0 Å². The van der Waals surface area contributed by atoms with Gasteiger partial charge in [0.05, 0.1) is 6.10 Å². The number of rotatable bonds is 7. The molecule has 1 aromatic carbocycles. The van der Waals surface area contributed by atoms with Crippen molar-refractivity contribution in [2.75, 3.05) is 6.54 Å². The van der Waals surface area contributed by atoms with Crippen LogP contribution in [0.1, 0.15) is 39.7 Å². The van der Waals surface area contributed by atoms with Gasteiger partial charge in [0.15, 0.2) is 0 Å². The Morgan fingerprint density at radius 3 is 2.29 bits per heavy atom. The molecular weight excluding hydrogens is 210 g/mol. The summed E-state index contributed by atoms with van der Waals surface area (Å²) in [4.78, 5) is 0. The van der Waals surface area contributed by atoms with Gasteiger partial charge >= 0.3 is 0 Å². The minimum absolute atomic E-state index is 0.240. The van der Waals surface area contributed by atoms with Gasteiger partial charge in [0.25, 0.3) is 0 Å². The minimum Gasteiger partial charge on any atom is -0.491 e. The first-order chi connectivity index (χ1) is 8.11. The molecule has 1 rings (SSSR count). The van der Waals surface area contributed by atoms with Crippen LogP contribution in [0.25, 0.3) is 0 Å². The fourth-order valence-corrected chi connectivity index (χ4v) is 1.57. The van der Waals surface area contributed by atoms with E-state index >= 15 is 0 Å². The van der Waals surface area contributed by atoms with E-state index in [0.29, 0.717) is 0 Å². The number of hydrogen-bond donors (Lipinski definition) is 1. The Hall–Kier alpha value is -1.02. The Labute approximate surface area is 105 Å². The topological polar surface area (TPSA) is 21.3 Å². The van der Waals surface area contributed by atoms with Crippen LogP contribution >= 0.6 is 0 Å². The van der Waals surface area contributed by atoms with E-state index in [1.807, 2.05) is 26.0 Å². The van der Waals surface area contributed by atoms with Crippen molar-refractivity contribution in [3.63, 3.8) is 0 Å². The Morgan fingerprint density at radius 1 is 1.12 bits per heavy atom. The highest BCUT2D eigenvalue weighted by Gasteiger charge is 2.00. The molecule has 17 heavy (non-hydrogen) atoms. The van der Waals surface area contributed by atoms with Gasteiger partial charge in [0.2, 0.25) is 0 Å². The van der Waals surface area contributed by atoms with Crippen molar-refractivity contribution >= 4 is 0 Å². The van der Waals surface area contributed by atoms with Gasteiger partial charge in [-0.15, -0.1) is 0 Å². The van der Waals surface area contributed by atoms with Crippen molar-refractivity contribution in [2.24, 2.45) is 5.92 Å². The highest BCUT2D eigenvalue weighted by Crippen LogP contribution is 2.13. The van der Waals surface area contributed by atoms with Crippen molar-refractivity contribution in [1.82, 2.24) is 5.32 Å². The van der Waals surface area contributed by atoms with Crippen LogP contribution in [-0.2, 0) is 6.54 Å². The Morgan fingerprint density at radius 2 is 1.76 bits per heavy atom. The number of hydrogen-bond acceptors (Lipinski definition) is 2. The average Bonchev–Trinajstić information content (AvgIpc) is 2.30. The smallest absolute Gasteiger partial charge is 0.119 e. The summed E-state index contributed by atoms with van der Waals surface area (Å²) >= 11 is 0. The molecule has 0 heterocycles. The van der Waals surface area contributed by atoms with E-state index in [4.69, 9.17) is 4.74 Å². The molecule has 0 spiro atoms. The van der Waals surface area contributed by atoms with Crippen LogP contribution in [0.3, 0.4) is 0 Å². The Kier molecular flexibility index (Phi) is 6.06. The van der Waals surface area contributed by atoms with Gasteiger partial charge in [0.1, 0.15) is 5.75 Å². The zero-order chi connectivity index (χ0) is 12.7. The van der Waals surface area contributed by atoms with Crippen LogP contribution in [0.5, 0.6) is 5.75 Å². The summed E-state index contributed by atoms with van der Waals surface area (Å²) in [5, 5.41) is 3.47. The van der Waals surface area contributed by atoms with E-state index in [-0.39, 0.29) is 6.10 Å². The van der Waals surface area contributed by atoms with Gasteiger partial charge in [-0.2, -0.15) is 0 Å². The molecule has 96 valence electrons. The molecule has 2 heteroatoms. The van der Waals surface area contributed by atoms with E-state index in [2.05, 4.69) is 31.3 Å². The Balaban J connectivity index is 2.35. The molecule has 0 radical (unpaired) electrons. The predicted molar refractivity (Wildman–Crippen MR) is 73.4 cm³/mol. The second-order valence-electron chi connectivity index (χ2n) is 4.95. The number of nitrogens with one attached hydrogen (secondary N) is 1. The third-order valence-corrected chi connectivity index (χ3v) is 2.81. The summed E-state index contributed by atoms with van der Waals surface area (Å²) in [6, 6.07) is 8.34. The molecular formula is C15H25NO. The molecule has 0 aromatic heterocycles. The van der Waals surface area contributed by atoms with E-state index in [9.17, 15) is 0 Å². The third kappa shape index (κ3) is 5.73. The van der Waals surface area contributed by atoms with Crippen molar-refractivity contribution in [1.29, 1.82) is 0 Å². The molecule has 1 atom stereocenters. The summed E-state index contributed by atoms with van der Waals surface area (Å²) in [5.41, 5.74) is 1.31. The SMILES string of the molecule is CCC(C)CNCc1ccc(OC(C)C)cc1. The molecule has 0 amide bonds. The van der Waals surface area contributed by atoms with E-state index < -0.39 is 0 Å². The summed E-state index contributed by atoms with van der Waals surface area (Å²) < 4.78 is 5.61. The molecule has 1 aromatic rings. The van der Waals surface area contributed by atoms with Crippen LogP contribution in [-0.4, -0.2) is 12.6 Å². The lowest BCUT2D eigenvalue weighted by molar-refractivity contribution is 0.242. The molecule has 2 nitrogen and oxygen atoms in total. The van der Waals surface area contributed by atoms with Crippen molar-refractivity contribution in [2.45, 2.75) is 46.8 Å². The average molecular weight is 235 g/mol. The quantitative estimate of drug-likeness (QED) is 0.779. The summed E-state index contributed by atoms with van der Waals surface area (Å²) in [6.07, 6.45) is 1.47. The van der Waals surface area contributed by atoms with Crippen molar-refractivity contribution in [3.8, 4) is 5.75 Å². The maximum atomic E-state index is 5.61. The van der Waals surface area contributed by atoms with Gasteiger partial charge in [0, 0.05) is 6.54 Å². The van der Waals surface area contributed by atoms with Gasteiger partial charge in [-0.05, 0) is 44.0 Å². The first-order valence-corrected chi connectivity index (χ1v) is 6.58. The third-order valence-electron chi connectivity index (χ3n) is 2.81. The van der Waals surface area contributed by atoms with Gasteiger partial charge in [-0.1, -0.05) is 32.4 Å². The van der Waals surface area contributed by atoms with E-state index in [1.165, 1.54) is 12.0 Å². The highest BCUT2D eigenvalue weighted by molar-refractivity contribution is 5.27. The van der Waals surface area contributed by atoms with Gasteiger partial charge in [-0.3, -0.25) is 0 Å². The van der Waals surface area contributed by atoms with Crippen LogP contribution in [0, 0.1) is 5.92 Å². The molecule has 0 aliphatic carbocycles. The van der Waals surface area contributed by atoms with Crippen LogP contribution in [0.2, 0.25) is 0 Å². The second-order valence-corrected chi connectivity index (χ2v) is 4.95. The van der Waals surface area contributed by atoms with Crippen LogP contribution in [0.15, 0.2) is 24.3 Å². The van der Waals surface area contributed by atoms with Gasteiger partial charge in [-0.25, -0.2) is 0 Å². The maximum absolute atomic E-state index is 5.61. The molecule has 0 aliphatic heterocycles. The summed E-state index contributed by atoms with van der Waals surface area (Å²) in [5.74, 6) is 1.70. The molecule has 0 aliphatic rings. The fourth-order valence-electron chi connectivity index (χ4n) is 1.57. The summed E-state index contributed by atoms with van der Waals surface area (Å²) in [7, 11) is 0. The number of benzene rings is 1. The zero-order valence-corrected chi connectivity index (χ0v) is 11.5. The zero-order valence-electron chi connectivity index (χ0n) is 11.5. The molecule has 0 fully saturated rings. The van der Waals surface area contributed by atoms with Crippen molar-refractivity contribution in [3.05, 3.63) is 29.8 Å². The molecule has 1 N–H and O–H groups in total. The molecule has 1 unspecified atom stereocenters. The normalized spacial score (nSPS) is 12.8. The lowest BCUT2D eigenvalue weighted by atomic mass is 10.1. The first kappa shape index (κ1) is 14.0. The largest absolute Gasteiger partial charge is 0.491 e. The van der Waals surface area contributed by atoms with E-state index in [0.717, 1.165) is 24.8 Å². The maximum Gasteiger partial charge on any atom is 0.119 e.